The van der Waals surface area contributed by atoms with Crippen molar-refractivity contribution in [3.63, 3.8) is 0 Å². The number of hydrogen-bond acceptors (Lipinski definition) is 4. The second kappa shape index (κ2) is 6.50. The van der Waals surface area contributed by atoms with Crippen LogP contribution in [0.25, 0.3) is 0 Å². The molecular weight excluding hydrogens is 234 g/mol. The standard InChI is InChI=1S/C13H25NO4/c1-13(2,3)6-9(15)7-14-8-10-4-5-11(18-10)12(16)17/h9-11,14-15H,4-8H2,1-3H3,(H,16,17). The molecule has 0 radical (unpaired) electrons. The molecule has 1 heterocycles. The Balaban J connectivity index is 2.14. The van der Waals surface area contributed by atoms with E-state index in [1.54, 1.807) is 0 Å². The van der Waals surface area contributed by atoms with Crippen molar-refractivity contribution in [3.05, 3.63) is 0 Å². The van der Waals surface area contributed by atoms with E-state index in [0.717, 1.165) is 12.8 Å². The van der Waals surface area contributed by atoms with Gasteiger partial charge in [0.05, 0.1) is 12.2 Å². The maximum Gasteiger partial charge on any atom is 0.332 e. The molecule has 3 unspecified atom stereocenters. The smallest absolute Gasteiger partial charge is 0.332 e. The minimum atomic E-state index is -0.884. The summed E-state index contributed by atoms with van der Waals surface area (Å²) in [5.74, 6) is -0.884. The lowest BCUT2D eigenvalue weighted by atomic mass is 9.89. The van der Waals surface area contributed by atoms with Gasteiger partial charge in [-0.3, -0.25) is 0 Å². The summed E-state index contributed by atoms with van der Waals surface area (Å²) in [6.45, 7) is 7.40. The van der Waals surface area contributed by atoms with Crippen LogP contribution in [0, 0.1) is 5.41 Å². The summed E-state index contributed by atoms with van der Waals surface area (Å²) in [6.07, 6.45) is 1.00. The van der Waals surface area contributed by atoms with Gasteiger partial charge in [-0.25, -0.2) is 4.79 Å². The number of carboxylic acids is 1. The van der Waals surface area contributed by atoms with Crippen molar-refractivity contribution in [2.75, 3.05) is 13.1 Å². The second-order valence-electron chi connectivity index (χ2n) is 6.24. The summed E-state index contributed by atoms with van der Waals surface area (Å²) in [7, 11) is 0. The third kappa shape index (κ3) is 5.80. The minimum absolute atomic E-state index is 0.0482. The van der Waals surface area contributed by atoms with E-state index in [1.165, 1.54) is 0 Å². The van der Waals surface area contributed by atoms with Gasteiger partial charge in [0.25, 0.3) is 0 Å². The molecule has 0 aliphatic carbocycles. The predicted molar refractivity (Wildman–Crippen MR) is 68.5 cm³/mol. The van der Waals surface area contributed by atoms with Gasteiger partial charge in [-0.05, 0) is 24.7 Å². The van der Waals surface area contributed by atoms with Crippen molar-refractivity contribution in [2.45, 2.75) is 58.3 Å². The van der Waals surface area contributed by atoms with E-state index in [4.69, 9.17) is 9.84 Å². The topological polar surface area (TPSA) is 78.8 Å². The van der Waals surface area contributed by atoms with E-state index in [0.29, 0.717) is 19.5 Å². The van der Waals surface area contributed by atoms with Crippen LogP contribution in [-0.2, 0) is 9.53 Å². The van der Waals surface area contributed by atoms with Crippen LogP contribution in [0.4, 0.5) is 0 Å². The number of rotatable bonds is 6. The highest BCUT2D eigenvalue weighted by atomic mass is 16.5. The lowest BCUT2D eigenvalue weighted by Gasteiger charge is -2.23. The Morgan fingerprint density at radius 2 is 2.11 bits per heavy atom. The van der Waals surface area contributed by atoms with E-state index in [2.05, 4.69) is 26.1 Å². The monoisotopic (exact) mass is 259 g/mol. The number of aliphatic carboxylic acids is 1. The first-order chi connectivity index (χ1) is 8.28. The van der Waals surface area contributed by atoms with Crippen LogP contribution in [0.15, 0.2) is 0 Å². The first-order valence-corrected chi connectivity index (χ1v) is 6.55. The lowest BCUT2D eigenvalue weighted by Crippen LogP contribution is -2.35. The zero-order valence-corrected chi connectivity index (χ0v) is 11.5. The summed E-state index contributed by atoms with van der Waals surface area (Å²) in [5.41, 5.74) is 0.110. The van der Waals surface area contributed by atoms with Crippen molar-refractivity contribution in [1.82, 2.24) is 5.32 Å². The first kappa shape index (κ1) is 15.4. The molecule has 0 aromatic rings. The van der Waals surface area contributed by atoms with Crippen LogP contribution in [0.5, 0.6) is 0 Å². The van der Waals surface area contributed by atoms with E-state index < -0.39 is 12.1 Å². The molecule has 0 aromatic carbocycles. The van der Waals surface area contributed by atoms with Gasteiger partial charge >= 0.3 is 5.97 Å². The zero-order valence-electron chi connectivity index (χ0n) is 11.5. The van der Waals surface area contributed by atoms with Gasteiger partial charge < -0.3 is 20.3 Å². The fourth-order valence-electron chi connectivity index (χ4n) is 2.23. The van der Waals surface area contributed by atoms with E-state index in [-0.39, 0.29) is 17.6 Å². The predicted octanol–water partition coefficient (Wildman–Crippen LogP) is 1.01. The van der Waals surface area contributed by atoms with Gasteiger partial charge in [-0.2, -0.15) is 0 Å². The van der Waals surface area contributed by atoms with Gasteiger partial charge in [0.15, 0.2) is 6.10 Å². The summed E-state index contributed by atoms with van der Waals surface area (Å²) in [5, 5.41) is 21.7. The van der Waals surface area contributed by atoms with Gasteiger partial charge in [0.2, 0.25) is 0 Å². The quantitative estimate of drug-likeness (QED) is 0.663. The SMILES string of the molecule is CC(C)(C)CC(O)CNCC1CCC(C(=O)O)O1. The van der Waals surface area contributed by atoms with Crippen molar-refractivity contribution in [2.24, 2.45) is 5.41 Å². The molecule has 0 saturated carbocycles. The molecular formula is C13H25NO4. The molecule has 0 aromatic heterocycles. The van der Waals surface area contributed by atoms with E-state index >= 15 is 0 Å². The van der Waals surface area contributed by atoms with Crippen molar-refractivity contribution in [3.8, 4) is 0 Å². The number of hydrogen-bond donors (Lipinski definition) is 3. The Labute approximate surface area is 109 Å². The minimum Gasteiger partial charge on any atom is -0.479 e. The van der Waals surface area contributed by atoms with Crippen LogP contribution in [-0.4, -0.2) is 47.6 Å². The molecule has 1 fully saturated rings. The maximum absolute atomic E-state index is 10.7. The van der Waals surface area contributed by atoms with Crippen LogP contribution in [0.2, 0.25) is 0 Å². The molecule has 0 amide bonds. The van der Waals surface area contributed by atoms with E-state index in [9.17, 15) is 9.90 Å². The Morgan fingerprint density at radius 3 is 2.61 bits per heavy atom. The van der Waals surface area contributed by atoms with Crippen LogP contribution < -0.4 is 5.32 Å². The fourth-order valence-corrected chi connectivity index (χ4v) is 2.23. The average Bonchev–Trinajstić information content (AvgIpc) is 2.63. The highest BCUT2D eigenvalue weighted by Gasteiger charge is 2.30. The average molecular weight is 259 g/mol. The molecule has 18 heavy (non-hydrogen) atoms. The van der Waals surface area contributed by atoms with Crippen molar-refractivity contribution in [1.29, 1.82) is 0 Å². The van der Waals surface area contributed by atoms with Crippen LogP contribution >= 0.6 is 0 Å². The summed E-state index contributed by atoms with van der Waals surface area (Å²) in [4.78, 5) is 10.7. The molecule has 1 saturated heterocycles. The molecule has 1 rings (SSSR count). The van der Waals surface area contributed by atoms with Gasteiger partial charge in [0, 0.05) is 13.1 Å². The highest BCUT2D eigenvalue weighted by Crippen LogP contribution is 2.21. The second-order valence-corrected chi connectivity index (χ2v) is 6.24. The Morgan fingerprint density at radius 1 is 1.44 bits per heavy atom. The number of nitrogens with one attached hydrogen (secondary N) is 1. The third-order valence-electron chi connectivity index (χ3n) is 2.98. The van der Waals surface area contributed by atoms with Gasteiger partial charge in [-0.15, -0.1) is 0 Å². The number of carbonyl (C=O) groups is 1. The number of aliphatic hydroxyl groups is 1. The maximum atomic E-state index is 10.7. The van der Waals surface area contributed by atoms with Crippen LogP contribution in [0.1, 0.15) is 40.0 Å². The number of aliphatic hydroxyl groups excluding tert-OH is 1. The van der Waals surface area contributed by atoms with E-state index in [1.807, 2.05) is 0 Å². The summed E-state index contributed by atoms with van der Waals surface area (Å²) >= 11 is 0. The van der Waals surface area contributed by atoms with Crippen molar-refractivity contribution < 1.29 is 19.7 Å². The Hall–Kier alpha value is -0.650. The van der Waals surface area contributed by atoms with Gasteiger partial charge in [0.1, 0.15) is 0 Å². The molecule has 5 nitrogen and oxygen atoms in total. The highest BCUT2D eigenvalue weighted by molar-refractivity contribution is 5.72. The largest absolute Gasteiger partial charge is 0.479 e. The lowest BCUT2D eigenvalue weighted by molar-refractivity contribution is -0.149. The molecule has 106 valence electrons. The van der Waals surface area contributed by atoms with Crippen LogP contribution in [0.3, 0.4) is 0 Å². The zero-order chi connectivity index (χ0) is 13.8. The Bertz CT molecular complexity index is 275. The summed E-state index contributed by atoms with van der Waals surface area (Å²) in [6, 6.07) is 0. The molecule has 3 N–H and O–H groups in total. The summed E-state index contributed by atoms with van der Waals surface area (Å²) < 4.78 is 5.36. The molecule has 0 spiro atoms. The molecule has 5 heteroatoms. The molecule has 3 atom stereocenters. The fraction of sp³-hybridized carbons (Fsp3) is 0.923. The molecule has 1 aliphatic heterocycles. The Kier molecular flexibility index (Phi) is 5.56. The molecule has 0 bridgehead atoms. The normalized spacial score (nSPS) is 26.2. The molecule has 1 aliphatic rings. The first-order valence-electron chi connectivity index (χ1n) is 6.55. The van der Waals surface area contributed by atoms with Crippen molar-refractivity contribution >= 4 is 5.97 Å². The number of ether oxygens (including phenoxy) is 1. The third-order valence-corrected chi connectivity index (χ3v) is 2.98. The van der Waals surface area contributed by atoms with Gasteiger partial charge in [-0.1, -0.05) is 20.8 Å². The number of carboxylic acid groups (broad SMARTS) is 1.